The molecular formula is C34H51FN2O5. The highest BCUT2D eigenvalue weighted by Crippen LogP contribution is 2.31. The molecule has 7 nitrogen and oxygen atoms in total. The number of benzene rings is 1. The van der Waals surface area contributed by atoms with E-state index in [2.05, 4.69) is 18.3 Å². The van der Waals surface area contributed by atoms with Crippen LogP contribution in [-0.4, -0.2) is 48.5 Å². The molecule has 8 heteroatoms. The lowest BCUT2D eigenvalue weighted by Gasteiger charge is -2.20. The number of nitrogens with zero attached hydrogens (tertiary/aromatic N) is 1. The molecule has 0 fully saturated rings. The molecule has 0 radical (unpaired) electrons. The SMILES string of the molecule is CC[C@@H](CCCCCCC(C(=O)O)c1cc(F)ccc1COC(C)C)OCCCCc1cc(OC)c2c(n1)NCCC2. The Morgan fingerprint density at radius 1 is 1.07 bits per heavy atom. The first-order valence-corrected chi connectivity index (χ1v) is 15.9. The van der Waals surface area contributed by atoms with Gasteiger partial charge in [0, 0.05) is 30.5 Å². The van der Waals surface area contributed by atoms with Crippen molar-refractivity contribution in [3.63, 3.8) is 0 Å². The number of carbonyl (C=O) groups is 1. The maximum atomic E-state index is 14.0. The van der Waals surface area contributed by atoms with E-state index in [0.29, 0.717) is 12.0 Å². The summed E-state index contributed by atoms with van der Waals surface area (Å²) in [5, 5.41) is 13.3. The van der Waals surface area contributed by atoms with Crippen molar-refractivity contribution in [1.82, 2.24) is 4.98 Å². The third-order valence-corrected chi connectivity index (χ3v) is 8.01. The number of anilines is 1. The van der Waals surface area contributed by atoms with Gasteiger partial charge in [-0.25, -0.2) is 9.37 Å². The Bertz CT molecular complexity index is 1090. The molecule has 2 atom stereocenters. The molecule has 1 unspecified atom stereocenters. The van der Waals surface area contributed by atoms with Crippen molar-refractivity contribution in [2.75, 3.05) is 25.6 Å². The molecule has 0 aliphatic carbocycles. The summed E-state index contributed by atoms with van der Waals surface area (Å²) >= 11 is 0. The number of methoxy groups -OCH3 is 1. The van der Waals surface area contributed by atoms with Gasteiger partial charge in [-0.1, -0.05) is 38.7 Å². The van der Waals surface area contributed by atoms with Crippen LogP contribution in [0.1, 0.15) is 113 Å². The number of rotatable bonds is 20. The minimum atomic E-state index is -0.913. The van der Waals surface area contributed by atoms with E-state index in [1.165, 1.54) is 17.7 Å². The second-order valence-electron chi connectivity index (χ2n) is 11.6. The maximum Gasteiger partial charge on any atom is 0.310 e. The number of halogens is 1. The van der Waals surface area contributed by atoms with Crippen LogP contribution in [0, 0.1) is 5.82 Å². The Balaban J connectivity index is 1.34. The number of aromatic nitrogens is 1. The fourth-order valence-electron chi connectivity index (χ4n) is 5.60. The van der Waals surface area contributed by atoms with E-state index in [4.69, 9.17) is 19.2 Å². The van der Waals surface area contributed by atoms with Crippen molar-refractivity contribution >= 4 is 11.8 Å². The number of ether oxygens (including phenoxy) is 3. The topological polar surface area (TPSA) is 89.9 Å². The number of carboxylic acids is 1. The van der Waals surface area contributed by atoms with Crippen LogP contribution in [0.25, 0.3) is 0 Å². The highest BCUT2D eigenvalue weighted by molar-refractivity contribution is 5.76. The van der Waals surface area contributed by atoms with Gasteiger partial charge in [0.1, 0.15) is 17.4 Å². The van der Waals surface area contributed by atoms with Gasteiger partial charge in [0.2, 0.25) is 0 Å². The van der Waals surface area contributed by atoms with Crippen LogP contribution >= 0.6 is 0 Å². The molecule has 0 spiro atoms. The molecule has 2 aromatic rings. The molecule has 0 saturated heterocycles. The van der Waals surface area contributed by atoms with E-state index in [1.807, 2.05) is 13.8 Å². The minimum absolute atomic E-state index is 0.0151. The fourth-order valence-corrected chi connectivity index (χ4v) is 5.60. The van der Waals surface area contributed by atoms with Crippen LogP contribution in [0.2, 0.25) is 0 Å². The van der Waals surface area contributed by atoms with Gasteiger partial charge in [-0.15, -0.1) is 0 Å². The zero-order valence-electron chi connectivity index (χ0n) is 26.1. The number of aryl methyl sites for hydroxylation is 1. The number of pyridine rings is 1. The van der Waals surface area contributed by atoms with Gasteiger partial charge in [-0.3, -0.25) is 4.79 Å². The number of hydrogen-bond acceptors (Lipinski definition) is 6. The monoisotopic (exact) mass is 586 g/mol. The van der Waals surface area contributed by atoms with Gasteiger partial charge < -0.3 is 24.6 Å². The highest BCUT2D eigenvalue weighted by Gasteiger charge is 2.23. The van der Waals surface area contributed by atoms with Crippen LogP contribution in [0.4, 0.5) is 10.2 Å². The normalized spacial score (nSPS) is 14.3. The average Bonchev–Trinajstić information content (AvgIpc) is 2.98. The molecule has 42 heavy (non-hydrogen) atoms. The Hall–Kier alpha value is -2.71. The quantitative estimate of drug-likeness (QED) is 0.153. The molecule has 234 valence electrons. The summed E-state index contributed by atoms with van der Waals surface area (Å²) < 4.78 is 31.5. The second-order valence-corrected chi connectivity index (χ2v) is 11.6. The summed E-state index contributed by atoms with van der Waals surface area (Å²) in [5.41, 5.74) is 3.53. The Morgan fingerprint density at radius 2 is 1.86 bits per heavy atom. The molecule has 2 N–H and O–H groups in total. The molecule has 1 aromatic carbocycles. The van der Waals surface area contributed by atoms with E-state index in [1.54, 1.807) is 13.2 Å². The molecule has 3 rings (SSSR count). The molecular weight excluding hydrogens is 535 g/mol. The number of carboxylic acid groups (broad SMARTS) is 1. The minimum Gasteiger partial charge on any atom is -0.496 e. The van der Waals surface area contributed by atoms with Gasteiger partial charge in [-0.05, 0) is 88.5 Å². The number of nitrogens with one attached hydrogen (secondary N) is 1. The lowest BCUT2D eigenvalue weighted by Crippen LogP contribution is -2.15. The maximum absolute atomic E-state index is 14.0. The second kappa shape index (κ2) is 18.1. The summed E-state index contributed by atoms with van der Waals surface area (Å²) in [4.78, 5) is 16.9. The Labute approximate surface area is 251 Å². The first-order valence-electron chi connectivity index (χ1n) is 15.9. The summed E-state index contributed by atoms with van der Waals surface area (Å²) in [5.74, 6) is -0.136. The van der Waals surface area contributed by atoms with Crippen molar-refractivity contribution in [3.05, 3.63) is 52.5 Å². The van der Waals surface area contributed by atoms with Crippen LogP contribution in [-0.2, 0) is 33.7 Å². The predicted octanol–water partition coefficient (Wildman–Crippen LogP) is 7.84. The van der Waals surface area contributed by atoms with Crippen LogP contribution in [0.3, 0.4) is 0 Å². The molecule has 0 amide bonds. The molecule has 1 aromatic heterocycles. The van der Waals surface area contributed by atoms with Gasteiger partial charge in [0.15, 0.2) is 0 Å². The van der Waals surface area contributed by atoms with Crippen molar-refractivity contribution in [2.45, 2.75) is 123 Å². The smallest absolute Gasteiger partial charge is 0.310 e. The van der Waals surface area contributed by atoms with Crippen molar-refractivity contribution < 1.29 is 28.5 Å². The van der Waals surface area contributed by atoms with Crippen LogP contribution < -0.4 is 10.1 Å². The zero-order valence-corrected chi connectivity index (χ0v) is 26.1. The zero-order chi connectivity index (χ0) is 30.3. The Morgan fingerprint density at radius 3 is 2.57 bits per heavy atom. The summed E-state index contributed by atoms with van der Waals surface area (Å²) in [6.07, 6.45) is 11.6. The van der Waals surface area contributed by atoms with Gasteiger partial charge >= 0.3 is 5.97 Å². The largest absolute Gasteiger partial charge is 0.496 e. The third-order valence-electron chi connectivity index (χ3n) is 8.01. The first-order chi connectivity index (χ1) is 20.3. The van der Waals surface area contributed by atoms with Gasteiger partial charge in [-0.2, -0.15) is 0 Å². The van der Waals surface area contributed by atoms with Crippen LogP contribution in [0.5, 0.6) is 5.75 Å². The molecule has 0 bridgehead atoms. The first kappa shape index (κ1) is 33.8. The van der Waals surface area contributed by atoms with Gasteiger partial charge in [0.25, 0.3) is 0 Å². The van der Waals surface area contributed by atoms with Crippen molar-refractivity contribution in [3.8, 4) is 5.75 Å². The third kappa shape index (κ3) is 10.8. The molecule has 1 aliphatic heterocycles. The number of hydrogen-bond donors (Lipinski definition) is 2. The number of unbranched alkanes of at least 4 members (excludes halogenated alkanes) is 4. The lowest BCUT2D eigenvalue weighted by atomic mass is 9.89. The molecule has 1 aliphatic rings. The van der Waals surface area contributed by atoms with E-state index in [-0.39, 0.29) is 18.8 Å². The molecule has 2 heterocycles. The van der Waals surface area contributed by atoms with E-state index >= 15 is 0 Å². The van der Waals surface area contributed by atoms with Gasteiger partial charge in [0.05, 0.1) is 31.8 Å². The number of fused-ring (bicyclic) bond motifs is 1. The summed E-state index contributed by atoms with van der Waals surface area (Å²) in [6.45, 7) is 8.01. The highest BCUT2D eigenvalue weighted by atomic mass is 19.1. The Kier molecular flexibility index (Phi) is 14.5. The van der Waals surface area contributed by atoms with Crippen LogP contribution in [0.15, 0.2) is 24.3 Å². The lowest BCUT2D eigenvalue weighted by molar-refractivity contribution is -0.139. The summed E-state index contributed by atoms with van der Waals surface area (Å²) in [7, 11) is 1.73. The summed E-state index contributed by atoms with van der Waals surface area (Å²) in [6, 6.07) is 6.46. The predicted molar refractivity (Wildman–Crippen MR) is 165 cm³/mol. The van der Waals surface area contributed by atoms with Crippen molar-refractivity contribution in [1.29, 1.82) is 0 Å². The standard InChI is InChI=1S/C34H51FN2O5/c1-5-28(41-20-11-10-13-27-22-32(40-4)30-16-12-19-36-33(30)37-27)14-8-6-7-9-15-29(34(38)39)31-21-26(35)18-17-25(31)23-42-24(2)3/h17-18,21-22,24,28-29H,5-16,19-20,23H2,1-4H3,(H,36,37)(H,38,39)/t28-,29?/m0/s1. The fraction of sp³-hybridized carbons (Fsp3) is 0.647. The number of aliphatic carboxylic acids is 1. The van der Waals surface area contributed by atoms with E-state index in [0.717, 1.165) is 107 Å². The van der Waals surface area contributed by atoms with E-state index in [9.17, 15) is 14.3 Å². The molecule has 0 saturated carbocycles. The van der Waals surface area contributed by atoms with Crippen molar-refractivity contribution in [2.24, 2.45) is 0 Å². The van der Waals surface area contributed by atoms with E-state index < -0.39 is 17.7 Å². The average molecular weight is 587 g/mol.